The van der Waals surface area contributed by atoms with Crippen molar-refractivity contribution >= 4 is 5.97 Å². The number of carbonyl (C=O) groups is 1. The minimum absolute atomic E-state index is 0.167. The van der Waals surface area contributed by atoms with Gasteiger partial charge in [-0.3, -0.25) is 14.8 Å². The van der Waals surface area contributed by atoms with E-state index in [9.17, 15) is 4.79 Å². The molecule has 0 aliphatic carbocycles. The predicted octanol–water partition coefficient (Wildman–Crippen LogP) is 2.72. The Hall–Kier alpha value is -2.43. The van der Waals surface area contributed by atoms with E-state index < -0.39 is 0 Å². The molecule has 1 aromatic heterocycles. The molecular formula is C16H18N2O3. The van der Waals surface area contributed by atoms with Crippen molar-refractivity contribution < 1.29 is 14.3 Å². The Morgan fingerprint density at radius 1 is 1.24 bits per heavy atom. The second-order valence-corrected chi connectivity index (χ2v) is 4.61. The fourth-order valence-corrected chi connectivity index (χ4v) is 1.87. The highest BCUT2D eigenvalue weighted by Gasteiger charge is 2.08. The van der Waals surface area contributed by atoms with E-state index in [1.165, 1.54) is 7.11 Å². The van der Waals surface area contributed by atoms with E-state index >= 15 is 0 Å². The quantitative estimate of drug-likeness (QED) is 0.764. The van der Waals surface area contributed by atoms with Crippen molar-refractivity contribution in [2.75, 3.05) is 7.11 Å². The largest absolute Gasteiger partial charge is 0.484 e. The van der Waals surface area contributed by atoms with Gasteiger partial charge in [0, 0.05) is 18.8 Å². The van der Waals surface area contributed by atoms with Gasteiger partial charge in [-0.2, -0.15) is 0 Å². The molecule has 2 aromatic rings. The molecule has 0 aliphatic rings. The van der Waals surface area contributed by atoms with E-state index in [-0.39, 0.29) is 12.1 Å². The minimum Gasteiger partial charge on any atom is -0.484 e. The summed E-state index contributed by atoms with van der Waals surface area (Å²) in [6.07, 6.45) is 5.84. The van der Waals surface area contributed by atoms with E-state index in [2.05, 4.69) is 14.7 Å². The molecule has 1 heterocycles. The van der Waals surface area contributed by atoms with Gasteiger partial charge in [0.25, 0.3) is 0 Å². The van der Waals surface area contributed by atoms with Crippen LogP contribution in [-0.2, 0) is 16.0 Å². The lowest BCUT2D eigenvalue weighted by Crippen LogP contribution is -2.05. The van der Waals surface area contributed by atoms with Crippen LogP contribution >= 0.6 is 0 Å². The fourth-order valence-electron chi connectivity index (χ4n) is 1.87. The molecule has 0 amide bonds. The van der Waals surface area contributed by atoms with Gasteiger partial charge in [-0.05, 0) is 31.0 Å². The van der Waals surface area contributed by atoms with Crippen molar-refractivity contribution in [3.05, 3.63) is 54.1 Å². The topological polar surface area (TPSA) is 61.3 Å². The normalized spacial score (nSPS) is 11.7. The Balaban J connectivity index is 1.92. The average Bonchev–Trinajstić information content (AvgIpc) is 2.54. The van der Waals surface area contributed by atoms with Gasteiger partial charge >= 0.3 is 5.97 Å². The third kappa shape index (κ3) is 4.56. The summed E-state index contributed by atoms with van der Waals surface area (Å²) in [5.74, 6) is 0.557. The first-order chi connectivity index (χ1) is 10.2. The highest BCUT2D eigenvalue weighted by atomic mass is 16.5. The first kappa shape index (κ1) is 15.0. The Bertz CT molecular complexity index is 570. The standard InChI is InChI=1S/C16H18N2O3/c1-12(15-11-17-9-10-18-15)21-14-6-3-13(4-7-14)5-8-16(19)20-2/h3-4,6-7,9-12H,5,8H2,1-2H3. The van der Waals surface area contributed by atoms with Crippen molar-refractivity contribution in [2.24, 2.45) is 0 Å². The van der Waals surface area contributed by atoms with Crippen LogP contribution in [-0.4, -0.2) is 23.0 Å². The number of aryl methyl sites for hydroxylation is 1. The minimum atomic E-state index is -0.202. The zero-order valence-corrected chi connectivity index (χ0v) is 12.2. The summed E-state index contributed by atoms with van der Waals surface area (Å²) in [4.78, 5) is 19.3. The molecule has 0 bridgehead atoms. The average molecular weight is 286 g/mol. The van der Waals surface area contributed by atoms with Crippen molar-refractivity contribution in [2.45, 2.75) is 25.9 Å². The maximum absolute atomic E-state index is 11.1. The molecule has 0 radical (unpaired) electrons. The Labute approximate surface area is 124 Å². The second kappa shape index (κ2) is 7.38. The molecule has 110 valence electrons. The SMILES string of the molecule is COC(=O)CCc1ccc(OC(C)c2cnccn2)cc1. The van der Waals surface area contributed by atoms with Gasteiger partial charge in [0.15, 0.2) is 0 Å². The number of benzene rings is 1. The maximum Gasteiger partial charge on any atom is 0.305 e. The summed E-state index contributed by atoms with van der Waals surface area (Å²) in [6.45, 7) is 1.93. The molecule has 0 fully saturated rings. The van der Waals surface area contributed by atoms with Crippen LogP contribution in [0.4, 0.5) is 0 Å². The van der Waals surface area contributed by atoms with E-state index in [4.69, 9.17) is 4.74 Å². The van der Waals surface area contributed by atoms with Crippen LogP contribution in [0.5, 0.6) is 5.75 Å². The Morgan fingerprint density at radius 3 is 2.62 bits per heavy atom. The van der Waals surface area contributed by atoms with Gasteiger partial charge in [-0.1, -0.05) is 12.1 Å². The number of hydrogen-bond donors (Lipinski definition) is 0. The van der Waals surface area contributed by atoms with Crippen LogP contribution in [0.25, 0.3) is 0 Å². The molecule has 0 N–H and O–H groups in total. The van der Waals surface area contributed by atoms with Gasteiger partial charge < -0.3 is 9.47 Å². The molecule has 21 heavy (non-hydrogen) atoms. The number of hydrogen-bond acceptors (Lipinski definition) is 5. The lowest BCUT2D eigenvalue weighted by molar-refractivity contribution is -0.140. The fraction of sp³-hybridized carbons (Fsp3) is 0.312. The van der Waals surface area contributed by atoms with E-state index in [1.54, 1.807) is 18.6 Å². The molecule has 0 saturated carbocycles. The number of carbonyl (C=O) groups excluding carboxylic acids is 1. The van der Waals surface area contributed by atoms with Gasteiger partial charge in [0.05, 0.1) is 19.0 Å². The highest BCUT2D eigenvalue weighted by molar-refractivity contribution is 5.69. The number of rotatable bonds is 6. The van der Waals surface area contributed by atoms with Crippen LogP contribution in [0.2, 0.25) is 0 Å². The summed E-state index contributed by atoms with van der Waals surface area (Å²) in [5, 5.41) is 0. The third-order valence-electron chi connectivity index (χ3n) is 3.08. The maximum atomic E-state index is 11.1. The number of nitrogens with zero attached hydrogens (tertiary/aromatic N) is 2. The molecule has 2 rings (SSSR count). The van der Waals surface area contributed by atoms with Gasteiger partial charge in [0.2, 0.25) is 0 Å². The lowest BCUT2D eigenvalue weighted by Gasteiger charge is -2.14. The zero-order valence-electron chi connectivity index (χ0n) is 12.2. The Kier molecular flexibility index (Phi) is 5.26. The zero-order chi connectivity index (χ0) is 15.1. The summed E-state index contributed by atoms with van der Waals surface area (Å²) >= 11 is 0. The van der Waals surface area contributed by atoms with Gasteiger partial charge in [-0.25, -0.2) is 0 Å². The predicted molar refractivity (Wildman–Crippen MR) is 77.9 cm³/mol. The molecule has 1 unspecified atom stereocenters. The van der Waals surface area contributed by atoms with Gasteiger partial charge in [0.1, 0.15) is 11.9 Å². The second-order valence-electron chi connectivity index (χ2n) is 4.61. The summed E-state index contributed by atoms with van der Waals surface area (Å²) in [7, 11) is 1.40. The van der Waals surface area contributed by atoms with Crippen LogP contribution < -0.4 is 4.74 Å². The third-order valence-corrected chi connectivity index (χ3v) is 3.08. The van der Waals surface area contributed by atoms with Crippen molar-refractivity contribution in [3.8, 4) is 5.75 Å². The number of methoxy groups -OCH3 is 1. The summed E-state index contributed by atoms with van der Waals surface area (Å²) < 4.78 is 10.4. The van der Waals surface area contributed by atoms with Crippen molar-refractivity contribution in [1.29, 1.82) is 0 Å². The van der Waals surface area contributed by atoms with Crippen LogP contribution in [0.15, 0.2) is 42.9 Å². The molecule has 0 spiro atoms. The van der Waals surface area contributed by atoms with Crippen LogP contribution in [0.1, 0.15) is 30.7 Å². The molecular weight excluding hydrogens is 268 g/mol. The van der Waals surface area contributed by atoms with Gasteiger partial charge in [-0.15, -0.1) is 0 Å². The molecule has 0 aliphatic heterocycles. The smallest absolute Gasteiger partial charge is 0.305 e. The number of esters is 1. The molecule has 1 atom stereocenters. The van der Waals surface area contributed by atoms with Crippen LogP contribution in [0.3, 0.4) is 0 Å². The van der Waals surface area contributed by atoms with Crippen molar-refractivity contribution in [1.82, 2.24) is 9.97 Å². The van der Waals surface area contributed by atoms with E-state index in [0.717, 1.165) is 17.0 Å². The molecule has 5 heteroatoms. The van der Waals surface area contributed by atoms with E-state index in [1.807, 2.05) is 31.2 Å². The highest BCUT2D eigenvalue weighted by Crippen LogP contribution is 2.20. The Morgan fingerprint density at radius 2 is 2.00 bits per heavy atom. The first-order valence-corrected chi connectivity index (χ1v) is 6.77. The number of ether oxygens (including phenoxy) is 2. The molecule has 1 aromatic carbocycles. The monoisotopic (exact) mass is 286 g/mol. The van der Waals surface area contributed by atoms with E-state index in [0.29, 0.717) is 12.8 Å². The lowest BCUT2D eigenvalue weighted by atomic mass is 10.1. The number of aromatic nitrogens is 2. The molecule has 0 saturated heterocycles. The van der Waals surface area contributed by atoms with Crippen LogP contribution in [0, 0.1) is 0 Å². The first-order valence-electron chi connectivity index (χ1n) is 6.77. The molecule has 5 nitrogen and oxygen atoms in total. The summed E-state index contributed by atoms with van der Waals surface area (Å²) in [5.41, 5.74) is 1.85. The van der Waals surface area contributed by atoms with Crippen molar-refractivity contribution in [3.63, 3.8) is 0 Å². The summed E-state index contributed by atoms with van der Waals surface area (Å²) in [6, 6.07) is 7.67.